The molecule has 3 rings (SSSR count). The molecule has 2 aliphatic heterocycles. The summed E-state index contributed by atoms with van der Waals surface area (Å²) in [6.45, 7) is 9.51. The minimum absolute atomic E-state index is 0.0214. The maximum atomic E-state index is 12.3. The molecule has 0 spiro atoms. The number of piperidine rings is 1. The zero-order valence-corrected chi connectivity index (χ0v) is 17.8. The Labute approximate surface area is 173 Å². The van der Waals surface area contributed by atoms with E-state index in [1.165, 1.54) is 11.1 Å². The maximum Gasteiger partial charge on any atom is 0.410 e. The van der Waals surface area contributed by atoms with E-state index in [2.05, 4.69) is 17.4 Å². The molecule has 0 saturated carbocycles. The lowest BCUT2D eigenvalue weighted by Gasteiger charge is -2.33. The van der Waals surface area contributed by atoms with Crippen LogP contribution in [-0.4, -0.2) is 59.9 Å². The van der Waals surface area contributed by atoms with Crippen LogP contribution in [0.2, 0.25) is 0 Å². The number of hydrogen-bond acceptors (Lipinski definition) is 4. The lowest BCUT2D eigenvalue weighted by Crippen LogP contribution is -2.43. The molecule has 2 aliphatic rings. The van der Waals surface area contributed by atoms with Gasteiger partial charge in [0.05, 0.1) is 6.10 Å². The van der Waals surface area contributed by atoms with Crippen LogP contribution in [0.15, 0.2) is 24.3 Å². The van der Waals surface area contributed by atoms with E-state index in [1.54, 1.807) is 4.90 Å². The normalized spacial score (nSPS) is 17.2. The van der Waals surface area contributed by atoms with Crippen molar-refractivity contribution in [2.75, 3.05) is 26.2 Å². The maximum absolute atomic E-state index is 12.3. The number of fused-ring (bicyclic) bond motifs is 1. The van der Waals surface area contributed by atoms with Gasteiger partial charge in [-0.2, -0.15) is 0 Å². The van der Waals surface area contributed by atoms with Crippen LogP contribution >= 0.6 is 0 Å². The van der Waals surface area contributed by atoms with Crippen LogP contribution in [0.4, 0.5) is 9.59 Å². The summed E-state index contributed by atoms with van der Waals surface area (Å²) in [5.41, 5.74) is 1.99. The van der Waals surface area contributed by atoms with Gasteiger partial charge in [0, 0.05) is 39.3 Å². The third-order valence-corrected chi connectivity index (χ3v) is 5.17. The largest absolute Gasteiger partial charge is 0.444 e. The highest BCUT2D eigenvalue weighted by molar-refractivity contribution is 5.75. The number of nitrogens with zero attached hydrogens (tertiary/aromatic N) is 2. The van der Waals surface area contributed by atoms with Gasteiger partial charge < -0.3 is 24.6 Å². The Hall–Kier alpha value is -2.28. The van der Waals surface area contributed by atoms with Crippen molar-refractivity contribution < 1.29 is 19.1 Å². The zero-order valence-electron chi connectivity index (χ0n) is 17.8. The van der Waals surface area contributed by atoms with Gasteiger partial charge in [0.15, 0.2) is 0 Å². The highest BCUT2D eigenvalue weighted by Crippen LogP contribution is 2.22. The van der Waals surface area contributed by atoms with E-state index in [-0.39, 0.29) is 18.2 Å². The third kappa shape index (κ3) is 6.35. The lowest BCUT2D eigenvalue weighted by molar-refractivity contribution is -0.0116. The summed E-state index contributed by atoms with van der Waals surface area (Å²) in [5, 5.41) is 2.98. The van der Waals surface area contributed by atoms with Crippen LogP contribution in [0.5, 0.6) is 0 Å². The van der Waals surface area contributed by atoms with Gasteiger partial charge in [0.1, 0.15) is 5.60 Å². The van der Waals surface area contributed by atoms with Crippen molar-refractivity contribution in [3.63, 3.8) is 0 Å². The van der Waals surface area contributed by atoms with Crippen LogP contribution < -0.4 is 5.32 Å². The van der Waals surface area contributed by atoms with Crippen molar-refractivity contribution >= 4 is 12.1 Å². The Balaban J connectivity index is 1.26. The van der Waals surface area contributed by atoms with Gasteiger partial charge in [0.25, 0.3) is 0 Å². The second-order valence-corrected chi connectivity index (χ2v) is 8.75. The summed E-state index contributed by atoms with van der Waals surface area (Å²) in [6.07, 6.45) is 2.33. The van der Waals surface area contributed by atoms with Gasteiger partial charge in [-0.1, -0.05) is 24.3 Å². The number of likely N-dealkylation sites (tertiary alicyclic amines) is 1. The fraction of sp³-hybridized carbons (Fsp3) is 0.636. The monoisotopic (exact) mass is 403 g/mol. The van der Waals surface area contributed by atoms with Crippen molar-refractivity contribution in [1.29, 1.82) is 0 Å². The van der Waals surface area contributed by atoms with Gasteiger partial charge in [0.2, 0.25) is 0 Å². The summed E-state index contributed by atoms with van der Waals surface area (Å²) in [5.74, 6) is 0. The standard InChI is InChI=1S/C22H33N3O4/c1-22(2,3)29-21(27)24-12-9-19(10-13-24)28-14-6-11-23-20(26)25-15-17-7-4-5-8-18(17)16-25/h4-5,7-8,19H,6,9-16H2,1-3H3,(H,23,26). The molecule has 2 heterocycles. The number of rotatable bonds is 5. The van der Waals surface area contributed by atoms with Crippen LogP contribution in [0.3, 0.4) is 0 Å². The zero-order chi connectivity index (χ0) is 20.9. The summed E-state index contributed by atoms with van der Waals surface area (Å²) >= 11 is 0. The highest BCUT2D eigenvalue weighted by Gasteiger charge is 2.27. The first kappa shape index (κ1) is 21.4. The molecule has 1 N–H and O–H groups in total. The van der Waals surface area contributed by atoms with Crippen LogP contribution in [0, 0.1) is 0 Å². The van der Waals surface area contributed by atoms with Crippen molar-refractivity contribution in [2.24, 2.45) is 0 Å². The number of hydrogen-bond donors (Lipinski definition) is 1. The Morgan fingerprint density at radius 2 is 1.69 bits per heavy atom. The van der Waals surface area contributed by atoms with Crippen LogP contribution in [0.1, 0.15) is 51.2 Å². The quantitative estimate of drug-likeness (QED) is 0.764. The fourth-order valence-corrected chi connectivity index (χ4v) is 3.64. The van der Waals surface area contributed by atoms with Crippen molar-refractivity contribution in [2.45, 2.75) is 64.8 Å². The highest BCUT2D eigenvalue weighted by atomic mass is 16.6. The Kier molecular flexibility index (Phi) is 7.00. The molecule has 7 nitrogen and oxygen atoms in total. The second-order valence-electron chi connectivity index (χ2n) is 8.75. The molecule has 1 saturated heterocycles. The average molecular weight is 404 g/mol. The molecule has 1 fully saturated rings. The van der Waals surface area contributed by atoms with Crippen molar-refractivity contribution in [3.05, 3.63) is 35.4 Å². The van der Waals surface area contributed by atoms with Crippen molar-refractivity contribution in [1.82, 2.24) is 15.1 Å². The Morgan fingerprint density at radius 3 is 2.28 bits per heavy atom. The summed E-state index contributed by atoms with van der Waals surface area (Å²) in [7, 11) is 0. The molecule has 0 bridgehead atoms. The summed E-state index contributed by atoms with van der Waals surface area (Å²) in [4.78, 5) is 28.0. The number of carbonyl (C=O) groups is 2. The van der Waals surface area contributed by atoms with E-state index in [4.69, 9.17) is 9.47 Å². The molecular formula is C22H33N3O4. The van der Waals surface area contributed by atoms with E-state index < -0.39 is 5.60 Å². The topological polar surface area (TPSA) is 71.1 Å². The molecule has 0 aliphatic carbocycles. The first-order valence-corrected chi connectivity index (χ1v) is 10.5. The first-order chi connectivity index (χ1) is 13.8. The van der Waals surface area contributed by atoms with Crippen molar-refractivity contribution in [3.8, 4) is 0 Å². The minimum atomic E-state index is -0.466. The summed E-state index contributed by atoms with van der Waals surface area (Å²) < 4.78 is 11.3. The Morgan fingerprint density at radius 1 is 1.07 bits per heavy atom. The number of nitrogens with one attached hydrogen (secondary N) is 1. The number of ether oxygens (including phenoxy) is 2. The van der Waals surface area contributed by atoms with Gasteiger partial charge in [-0.15, -0.1) is 0 Å². The van der Waals surface area contributed by atoms with Gasteiger partial charge in [-0.25, -0.2) is 9.59 Å². The molecule has 1 aromatic rings. The van der Waals surface area contributed by atoms with Crippen LogP contribution in [-0.2, 0) is 22.6 Å². The van der Waals surface area contributed by atoms with E-state index in [0.717, 1.165) is 19.3 Å². The number of amides is 3. The molecule has 0 aromatic heterocycles. The van der Waals surface area contributed by atoms with E-state index in [1.807, 2.05) is 37.8 Å². The molecule has 0 unspecified atom stereocenters. The Bertz CT molecular complexity index is 683. The second kappa shape index (κ2) is 9.48. The van der Waals surface area contributed by atoms with E-state index >= 15 is 0 Å². The number of carbonyl (C=O) groups excluding carboxylic acids is 2. The smallest absolute Gasteiger partial charge is 0.410 e. The predicted octanol–water partition coefficient (Wildman–Crippen LogP) is 3.52. The molecule has 0 radical (unpaired) electrons. The number of urea groups is 1. The first-order valence-electron chi connectivity index (χ1n) is 10.5. The molecule has 7 heteroatoms. The molecule has 160 valence electrons. The molecule has 29 heavy (non-hydrogen) atoms. The molecule has 1 aromatic carbocycles. The summed E-state index contributed by atoms with van der Waals surface area (Å²) in [6, 6.07) is 8.15. The van der Waals surface area contributed by atoms with Gasteiger partial charge in [-0.05, 0) is 51.2 Å². The van der Waals surface area contributed by atoms with Gasteiger partial charge >= 0.3 is 12.1 Å². The predicted molar refractivity (Wildman–Crippen MR) is 110 cm³/mol. The van der Waals surface area contributed by atoms with Crippen LogP contribution in [0.25, 0.3) is 0 Å². The fourth-order valence-electron chi connectivity index (χ4n) is 3.64. The van der Waals surface area contributed by atoms with E-state index in [9.17, 15) is 9.59 Å². The van der Waals surface area contributed by atoms with Gasteiger partial charge in [-0.3, -0.25) is 0 Å². The number of benzene rings is 1. The lowest BCUT2D eigenvalue weighted by atomic mass is 10.1. The SMILES string of the molecule is CC(C)(C)OC(=O)N1CCC(OCCCNC(=O)N2Cc3ccccc3C2)CC1. The average Bonchev–Trinajstić information content (AvgIpc) is 3.11. The minimum Gasteiger partial charge on any atom is -0.444 e. The molecular weight excluding hydrogens is 370 g/mol. The molecule has 0 atom stereocenters. The van der Waals surface area contributed by atoms with E-state index in [0.29, 0.717) is 39.3 Å². The third-order valence-electron chi connectivity index (χ3n) is 5.17. The molecule has 3 amide bonds.